The van der Waals surface area contributed by atoms with Crippen molar-refractivity contribution in [1.29, 1.82) is 0 Å². The molecule has 0 fully saturated rings. The van der Waals surface area contributed by atoms with E-state index in [1.807, 2.05) is 60.7 Å². The molecular weight excluding hydrogens is 297 g/mol. The second-order valence-corrected chi connectivity index (χ2v) is 6.28. The molecule has 1 aliphatic rings. The lowest BCUT2D eigenvalue weighted by molar-refractivity contribution is 0.327. The highest BCUT2D eigenvalue weighted by atomic mass is 32.2. The molecule has 3 aromatic rings. The molecule has 0 saturated heterocycles. The van der Waals surface area contributed by atoms with E-state index >= 15 is 0 Å². The van der Waals surface area contributed by atoms with Crippen molar-refractivity contribution < 1.29 is 4.39 Å². The number of fused-ring (bicyclic) bond motifs is 1. The van der Waals surface area contributed by atoms with Gasteiger partial charge in [-0.15, -0.1) is 5.10 Å². The Morgan fingerprint density at radius 2 is 1.68 bits per heavy atom. The predicted molar refractivity (Wildman–Crippen MR) is 83.6 cm³/mol. The molecule has 1 aliphatic heterocycles. The molecule has 0 spiro atoms. The van der Waals surface area contributed by atoms with Crippen LogP contribution in [0.15, 0.2) is 70.7 Å². The monoisotopic (exact) mass is 311 g/mol. The topological polar surface area (TPSA) is 30.7 Å². The predicted octanol–water partition coefficient (Wildman–Crippen LogP) is 4.43. The van der Waals surface area contributed by atoms with E-state index in [1.165, 1.54) is 11.8 Å². The Bertz CT molecular complexity index is 773. The quantitative estimate of drug-likeness (QED) is 0.717. The van der Waals surface area contributed by atoms with Crippen molar-refractivity contribution >= 4 is 11.8 Å². The number of aromatic nitrogens is 3. The first-order valence-electron chi connectivity index (χ1n) is 7.19. The summed E-state index contributed by atoms with van der Waals surface area (Å²) in [4.78, 5) is 5.44. The standard InChI is InChI=1S/C17H14FN3S/c18-14-11-15(12-7-3-1-4-8-12)21-16(14)19-17(20-21)22-13-9-5-2-6-10-13/h1-10,14-15H,11H2. The smallest absolute Gasteiger partial charge is 0.213 e. The summed E-state index contributed by atoms with van der Waals surface area (Å²) in [7, 11) is 0. The van der Waals surface area contributed by atoms with E-state index in [4.69, 9.17) is 0 Å². The molecule has 1 aromatic heterocycles. The number of hydrogen-bond acceptors (Lipinski definition) is 3. The van der Waals surface area contributed by atoms with Gasteiger partial charge in [-0.3, -0.25) is 0 Å². The Hall–Kier alpha value is -2.14. The van der Waals surface area contributed by atoms with Crippen LogP contribution in [0.3, 0.4) is 0 Å². The van der Waals surface area contributed by atoms with E-state index in [0.717, 1.165) is 10.5 Å². The van der Waals surface area contributed by atoms with Crippen LogP contribution in [0.25, 0.3) is 0 Å². The molecule has 5 heteroatoms. The zero-order valence-electron chi connectivity index (χ0n) is 11.8. The lowest BCUT2D eigenvalue weighted by Crippen LogP contribution is -2.07. The fraction of sp³-hybridized carbons (Fsp3) is 0.176. The summed E-state index contributed by atoms with van der Waals surface area (Å²) in [6, 6.07) is 19.8. The molecular formula is C17H14FN3S. The minimum atomic E-state index is -1.05. The molecule has 110 valence electrons. The molecule has 0 radical (unpaired) electrons. The van der Waals surface area contributed by atoms with Crippen molar-refractivity contribution in [1.82, 2.24) is 14.8 Å². The van der Waals surface area contributed by atoms with Crippen LogP contribution in [0.5, 0.6) is 0 Å². The third kappa shape index (κ3) is 2.41. The van der Waals surface area contributed by atoms with Crippen LogP contribution in [-0.4, -0.2) is 14.8 Å². The molecule has 0 aliphatic carbocycles. The Balaban J connectivity index is 1.66. The Morgan fingerprint density at radius 1 is 1.00 bits per heavy atom. The van der Waals surface area contributed by atoms with Crippen molar-refractivity contribution in [3.8, 4) is 0 Å². The molecule has 0 saturated carbocycles. The first-order chi connectivity index (χ1) is 10.8. The second kappa shape index (κ2) is 5.57. The summed E-state index contributed by atoms with van der Waals surface area (Å²) >= 11 is 1.46. The number of rotatable bonds is 3. The highest BCUT2D eigenvalue weighted by molar-refractivity contribution is 7.99. The van der Waals surface area contributed by atoms with Crippen molar-refractivity contribution in [2.45, 2.75) is 28.7 Å². The fourth-order valence-electron chi connectivity index (χ4n) is 2.75. The van der Waals surface area contributed by atoms with Crippen molar-refractivity contribution in [3.05, 3.63) is 72.1 Å². The van der Waals surface area contributed by atoms with Gasteiger partial charge in [-0.25, -0.2) is 14.1 Å². The van der Waals surface area contributed by atoms with Crippen LogP contribution in [0.4, 0.5) is 4.39 Å². The van der Waals surface area contributed by atoms with Gasteiger partial charge in [-0.2, -0.15) is 0 Å². The van der Waals surface area contributed by atoms with Gasteiger partial charge in [0.1, 0.15) is 0 Å². The zero-order valence-corrected chi connectivity index (χ0v) is 12.6. The van der Waals surface area contributed by atoms with Gasteiger partial charge in [0.05, 0.1) is 6.04 Å². The van der Waals surface area contributed by atoms with Gasteiger partial charge >= 0.3 is 0 Å². The minimum Gasteiger partial charge on any atom is -0.239 e. The minimum absolute atomic E-state index is 0.0659. The molecule has 3 nitrogen and oxygen atoms in total. The Kier molecular flexibility index (Phi) is 3.42. The van der Waals surface area contributed by atoms with Crippen LogP contribution in [0.1, 0.15) is 30.0 Å². The molecule has 0 N–H and O–H groups in total. The van der Waals surface area contributed by atoms with E-state index < -0.39 is 6.17 Å². The average Bonchev–Trinajstić information content (AvgIpc) is 3.09. The van der Waals surface area contributed by atoms with E-state index in [2.05, 4.69) is 10.1 Å². The molecule has 2 atom stereocenters. The van der Waals surface area contributed by atoms with Gasteiger partial charge in [-0.05, 0) is 29.5 Å². The number of halogens is 1. The Labute approximate surface area is 132 Å². The molecule has 22 heavy (non-hydrogen) atoms. The van der Waals surface area contributed by atoms with E-state index in [0.29, 0.717) is 17.4 Å². The molecule has 2 unspecified atom stereocenters. The fourth-order valence-corrected chi connectivity index (χ4v) is 3.52. The van der Waals surface area contributed by atoms with Crippen molar-refractivity contribution in [2.75, 3.05) is 0 Å². The van der Waals surface area contributed by atoms with Crippen molar-refractivity contribution in [3.63, 3.8) is 0 Å². The van der Waals surface area contributed by atoms with Gasteiger partial charge in [0.15, 0.2) is 12.0 Å². The maximum absolute atomic E-state index is 14.3. The number of alkyl halides is 1. The van der Waals surface area contributed by atoms with Gasteiger partial charge < -0.3 is 0 Å². The largest absolute Gasteiger partial charge is 0.239 e. The highest BCUT2D eigenvalue weighted by Gasteiger charge is 2.35. The third-order valence-corrected chi connectivity index (χ3v) is 4.64. The molecule has 2 aromatic carbocycles. The zero-order chi connectivity index (χ0) is 14.9. The lowest BCUT2D eigenvalue weighted by atomic mass is 10.0. The maximum Gasteiger partial charge on any atom is 0.213 e. The summed E-state index contributed by atoms with van der Waals surface area (Å²) in [5.41, 5.74) is 1.07. The van der Waals surface area contributed by atoms with Crippen LogP contribution in [0.2, 0.25) is 0 Å². The summed E-state index contributed by atoms with van der Waals surface area (Å²) in [6.45, 7) is 0. The molecule has 0 amide bonds. The molecule has 4 rings (SSSR count). The SMILES string of the molecule is FC1CC(c2ccccc2)n2nc(Sc3ccccc3)nc21. The average molecular weight is 311 g/mol. The van der Waals surface area contributed by atoms with Crippen LogP contribution in [0, 0.1) is 0 Å². The molecule has 2 heterocycles. The van der Waals surface area contributed by atoms with Crippen LogP contribution < -0.4 is 0 Å². The number of nitrogens with zero attached hydrogens (tertiary/aromatic N) is 3. The van der Waals surface area contributed by atoms with Crippen molar-refractivity contribution in [2.24, 2.45) is 0 Å². The number of hydrogen-bond donors (Lipinski definition) is 0. The van der Waals surface area contributed by atoms with Crippen LogP contribution in [-0.2, 0) is 0 Å². The third-order valence-electron chi connectivity index (χ3n) is 3.78. The lowest BCUT2D eigenvalue weighted by Gasteiger charge is -2.11. The first-order valence-corrected chi connectivity index (χ1v) is 8.01. The van der Waals surface area contributed by atoms with Crippen LogP contribution >= 0.6 is 11.8 Å². The summed E-state index contributed by atoms with van der Waals surface area (Å²) < 4.78 is 16.0. The normalized spacial score (nSPS) is 20.0. The maximum atomic E-state index is 14.3. The van der Waals surface area contributed by atoms with Gasteiger partial charge in [0, 0.05) is 11.3 Å². The molecule has 0 bridgehead atoms. The Morgan fingerprint density at radius 3 is 2.41 bits per heavy atom. The van der Waals surface area contributed by atoms with E-state index in [9.17, 15) is 4.39 Å². The van der Waals surface area contributed by atoms with E-state index in [-0.39, 0.29) is 6.04 Å². The summed E-state index contributed by atoms with van der Waals surface area (Å²) in [5, 5.41) is 5.12. The van der Waals surface area contributed by atoms with Gasteiger partial charge in [0.25, 0.3) is 0 Å². The summed E-state index contributed by atoms with van der Waals surface area (Å²) in [6.07, 6.45) is -0.641. The van der Waals surface area contributed by atoms with Gasteiger partial charge in [-0.1, -0.05) is 48.5 Å². The van der Waals surface area contributed by atoms with E-state index in [1.54, 1.807) is 4.68 Å². The summed E-state index contributed by atoms with van der Waals surface area (Å²) in [5.74, 6) is 0.437. The van der Waals surface area contributed by atoms with Gasteiger partial charge in [0.2, 0.25) is 5.16 Å². The number of benzene rings is 2. The highest BCUT2D eigenvalue weighted by Crippen LogP contribution is 2.40. The first kappa shape index (κ1) is 13.5. The second-order valence-electron chi connectivity index (χ2n) is 5.24.